The van der Waals surface area contributed by atoms with Crippen LogP contribution in [0.2, 0.25) is 0 Å². The first-order valence-electron chi connectivity index (χ1n) is 7.49. The molecular weight excluding hydrogens is 349 g/mol. The van der Waals surface area contributed by atoms with Crippen molar-refractivity contribution < 1.29 is 4.74 Å². The van der Waals surface area contributed by atoms with E-state index >= 15 is 0 Å². The molecule has 2 aromatic rings. The minimum atomic E-state index is 0. The number of methoxy groups -OCH3 is 1. The molecule has 3 rings (SSSR count). The lowest BCUT2D eigenvalue weighted by atomic mass is 9.78. The van der Waals surface area contributed by atoms with Gasteiger partial charge in [0.2, 0.25) is 0 Å². The molecule has 1 saturated carbocycles. The first kappa shape index (κ1) is 20.6. The van der Waals surface area contributed by atoms with Gasteiger partial charge in [-0.2, -0.15) is 0 Å². The van der Waals surface area contributed by atoms with Crippen molar-refractivity contribution in [2.45, 2.75) is 38.0 Å². The van der Waals surface area contributed by atoms with Crippen LogP contribution in [0.25, 0.3) is 0 Å². The first-order valence-corrected chi connectivity index (χ1v) is 7.49. The number of rotatable bonds is 6. The molecule has 0 saturated heterocycles. The maximum atomic E-state index is 5.89. The van der Waals surface area contributed by atoms with Gasteiger partial charge >= 0.3 is 0 Å². The van der Waals surface area contributed by atoms with Crippen molar-refractivity contribution in [1.29, 1.82) is 0 Å². The quantitative estimate of drug-likeness (QED) is 0.811. The molecule has 1 aliphatic rings. The highest BCUT2D eigenvalue weighted by Crippen LogP contribution is 2.35. The zero-order chi connectivity index (χ0) is 15.4. The number of halogens is 2. The van der Waals surface area contributed by atoms with E-state index in [0.717, 1.165) is 29.9 Å². The van der Waals surface area contributed by atoms with Crippen LogP contribution in [0.1, 0.15) is 35.8 Å². The molecule has 1 aliphatic carbocycles. The number of nitrogens with one attached hydrogen (secondary N) is 1. The fourth-order valence-electron chi connectivity index (χ4n) is 2.61. The van der Waals surface area contributed by atoms with Crippen LogP contribution in [0.15, 0.2) is 30.6 Å². The highest BCUT2D eigenvalue weighted by molar-refractivity contribution is 5.85. The summed E-state index contributed by atoms with van der Waals surface area (Å²) in [6.07, 6.45) is 5.59. The Morgan fingerprint density at radius 1 is 1.29 bits per heavy atom. The standard InChI is InChI=1S/C16H21N5O.2ClH/c1-22-10-16-20-14(12-5-13(17)6-12)7-15(21-16)19-9-11-3-2-4-18-8-11;;/h2-4,7-8,12-13H,5-6,9-10,17H2,1H3,(H,19,20,21);2*1H. The Morgan fingerprint density at radius 2 is 2.08 bits per heavy atom. The molecule has 0 unspecified atom stereocenters. The predicted octanol–water partition coefficient (Wildman–Crippen LogP) is 2.68. The van der Waals surface area contributed by atoms with Gasteiger partial charge in [0.25, 0.3) is 0 Å². The molecule has 2 heterocycles. The Labute approximate surface area is 154 Å². The van der Waals surface area contributed by atoms with Crippen LogP contribution in [-0.4, -0.2) is 28.1 Å². The van der Waals surface area contributed by atoms with Crippen LogP contribution in [0.4, 0.5) is 5.82 Å². The van der Waals surface area contributed by atoms with E-state index in [9.17, 15) is 0 Å². The summed E-state index contributed by atoms with van der Waals surface area (Å²) in [5, 5.41) is 3.34. The van der Waals surface area contributed by atoms with Crippen molar-refractivity contribution in [1.82, 2.24) is 15.0 Å². The van der Waals surface area contributed by atoms with Crippen LogP contribution >= 0.6 is 24.8 Å². The second kappa shape index (κ2) is 9.74. The zero-order valence-electron chi connectivity index (χ0n) is 13.5. The normalized spacial score (nSPS) is 18.8. The number of ether oxygens (including phenoxy) is 1. The monoisotopic (exact) mass is 371 g/mol. The minimum Gasteiger partial charge on any atom is -0.377 e. The summed E-state index contributed by atoms with van der Waals surface area (Å²) >= 11 is 0. The molecule has 0 atom stereocenters. The van der Waals surface area contributed by atoms with E-state index in [-0.39, 0.29) is 24.8 Å². The van der Waals surface area contributed by atoms with E-state index in [0.29, 0.717) is 30.9 Å². The molecule has 0 aliphatic heterocycles. The number of hydrogen-bond donors (Lipinski definition) is 2. The third-order valence-corrected chi connectivity index (χ3v) is 3.85. The van der Waals surface area contributed by atoms with Crippen LogP contribution in [0, 0.1) is 0 Å². The Balaban J connectivity index is 0.00000144. The van der Waals surface area contributed by atoms with Crippen molar-refractivity contribution in [2.75, 3.05) is 12.4 Å². The molecule has 0 radical (unpaired) electrons. The van der Waals surface area contributed by atoms with Gasteiger partial charge < -0.3 is 15.8 Å². The highest BCUT2D eigenvalue weighted by Gasteiger charge is 2.29. The summed E-state index contributed by atoms with van der Waals surface area (Å²) < 4.78 is 5.17. The van der Waals surface area contributed by atoms with E-state index in [1.807, 2.05) is 24.4 Å². The maximum absolute atomic E-state index is 5.89. The van der Waals surface area contributed by atoms with Gasteiger partial charge in [-0.3, -0.25) is 4.98 Å². The van der Waals surface area contributed by atoms with Crippen LogP contribution in [-0.2, 0) is 17.9 Å². The second-order valence-corrected chi connectivity index (χ2v) is 5.67. The van der Waals surface area contributed by atoms with Gasteiger partial charge in [0.05, 0.1) is 0 Å². The summed E-state index contributed by atoms with van der Waals surface area (Å²) in [6, 6.07) is 6.28. The van der Waals surface area contributed by atoms with Gasteiger partial charge in [0.1, 0.15) is 12.4 Å². The van der Waals surface area contributed by atoms with Gasteiger partial charge in [0.15, 0.2) is 5.82 Å². The highest BCUT2D eigenvalue weighted by atomic mass is 35.5. The molecule has 132 valence electrons. The molecule has 0 spiro atoms. The Morgan fingerprint density at radius 3 is 2.71 bits per heavy atom. The van der Waals surface area contributed by atoms with Crippen molar-refractivity contribution in [3.63, 3.8) is 0 Å². The molecular formula is C16H23Cl2N5O. The zero-order valence-corrected chi connectivity index (χ0v) is 15.1. The average molecular weight is 372 g/mol. The maximum Gasteiger partial charge on any atom is 0.156 e. The number of anilines is 1. The predicted molar refractivity (Wildman–Crippen MR) is 98.8 cm³/mol. The van der Waals surface area contributed by atoms with Crippen molar-refractivity contribution >= 4 is 30.6 Å². The van der Waals surface area contributed by atoms with Crippen LogP contribution in [0.5, 0.6) is 0 Å². The number of pyridine rings is 1. The Kier molecular flexibility index (Phi) is 8.35. The second-order valence-electron chi connectivity index (χ2n) is 5.67. The van der Waals surface area contributed by atoms with Gasteiger partial charge in [-0.05, 0) is 24.5 Å². The van der Waals surface area contributed by atoms with Crippen LogP contribution < -0.4 is 11.1 Å². The summed E-state index contributed by atoms with van der Waals surface area (Å²) in [6.45, 7) is 1.09. The van der Waals surface area contributed by atoms with Crippen molar-refractivity contribution in [3.8, 4) is 0 Å². The Bertz CT molecular complexity index is 623. The molecule has 2 aromatic heterocycles. The van der Waals surface area contributed by atoms with E-state index in [4.69, 9.17) is 10.5 Å². The number of hydrogen-bond acceptors (Lipinski definition) is 6. The lowest BCUT2D eigenvalue weighted by molar-refractivity contribution is 0.177. The Hall–Kier alpha value is -1.47. The molecule has 0 aromatic carbocycles. The molecule has 0 amide bonds. The topological polar surface area (TPSA) is 86.0 Å². The van der Waals surface area contributed by atoms with E-state index in [1.165, 1.54) is 0 Å². The van der Waals surface area contributed by atoms with Crippen LogP contribution in [0.3, 0.4) is 0 Å². The van der Waals surface area contributed by atoms with Gasteiger partial charge in [-0.25, -0.2) is 9.97 Å². The SMILES string of the molecule is COCc1nc(NCc2cccnc2)cc(C2CC(N)C2)n1.Cl.Cl. The minimum absolute atomic E-state index is 0. The third kappa shape index (κ3) is 5.27. The molecule has 6 nitrogen and oxygen atoms in total. The summed E-state index contributed by atoms with van der Waals surface area (Å²) in [4.78, 5) is 13.2. The number of aromatic nitrogens is 3. The lowest BCUT2D eigenvalue weighted by Crippen LogP contribution is -2.35. The molecule has 3 N–H and O–H groups in total. The van der Waals surface area contributed by atoms with Crippen molar-refractivity contribution in [3.05, 3.63) is 47.7 Å². The molecule has 8 heteroatoms. The summed E-state index contributed by atoms with van der Waals surface area (Å²) in [5.41, 5.74) is 8.05. The number of nitrogens with zero attached hydrogens (tertiary/aromatic N) is 3. The molecule has 1 fully saturated rings. The van der Waals surface area contributed by atoms with E-state index < -0.39 is 0 Å². The van der Waals surface area contributed by atoms with E-state index in [2.05, 4.69) is 20.3 Å². The summed E-state index contributed by atoms with van der Waals surface area (Å²) in [5.74, 6) is 1.96. The third-order valence-electron chi connectivity index (χ3n) is 3.85. The largest absolute Gasteiger partial charge is 0.377 e. The van der Waals surface area contributed by atoms with E-state index in [1.54, 1.807) is 13.3 Å². The average Bonchev–Trinajstić information content (AvgIpc) is 2.51. The molecule has 0 bridgehead atoms. The fourth-order valence-corrected chi connectivity index (χ4v) is 2.61. The number of nitrogens with two attached hydrogens (primary N) is 1. The van der Waals surface area contributed by atoms with Crippen molar-refractivity contribution in [2.24, 2.45) is 5.73 Å². The fraction of sp³-hybridized carbons (Fsp3) is 0.438. The first-order chi connectivity index (χ1) is 10.7. The lowest BCUT2D eigenvalue weighted by Gasteiger charge is -2.32. The smallest absolute Gasteiger partial charge is 0.156 e. The summed E-state index contributed by atoms with van der Waals surface area (Å²) in [7, 11) is 1.65. The van der Waals surface area contributed by atoms with Gasteiger partial charge in [-0.1, -0.05) is 6.07 Å². The van der Waals surface area contributed by atoms with Gasteiger partial charge in [-0.15, -0.1) is 24.8 Å². The van der Waals surface area contributed by atoms with Gasteiger partial charge in [0, 0.05) is 49.8 Å². The molecule has 24 heavy (non-hydrogen) atoms.